The lowest BCUT2D eigenvalue weighted by atomic mass is 9.88. The van der Waals surface area contributed by atoms with Crippen LogP contribution >= 0.6 is 0 Å². The minimum atomic E-state index is -0.260. The predicted octanol–water partition coefficient (Wildman–Crippen LogP) is 4.08. The Morgan fingerprint density at radius 2 is 1.78 bits per heavy atom. The van der Waals surface area contributed by atoms with Gasteiger partial charge in [-0.3, -0.25) is 14.6 Å². The molecule has 6 heteroatoms. The molecule has 4 rings (SSSR count). The second-order valence-corrected chi connectivity index (χ2v) is 7.95. The lowest BCUT2D eigenvalue weighted by molar-refractivity contribution is 0.0931. The number of rotatable bonds is 6. The van der Waals surface area contributed by atoms with E-state index in [2.05, 4.69) is 28.6 Å². The zero-order chi connectivity index (χ0) is 22.5. The number of ether oxygens (including phenoxy) is 1. The SMILES string of the molecule is CCc1ccc(C(=O)NC2CCc3ccc(Oc4ccnc(C(=O)NC)c4)cc3C2)cc1. The topological polar surface area (TPSA) is 80.3 Å². The van der Waals surface area contributed by atoms with E-state index < -0.39 is 0 Å². The molecule has 0 aliphatic heterocycles. The van der Waals surface area contributed by atoms with Crippen molar-refractivity contribution in [3.63, 3.8) is 0 Å². The van der Waals surface area contributed by atoms with Crippen LogP contribution in [0.4, 0.5) is 0 Å². The Morgan fingerprint density at radius 3 is 2.53 bits per heavy atom. The van der Waals surface area contributed by atoms with Gasteiger partial charge in [-0.2, -0.15) is 0 Å². The van der Waals surface area contributed by atoms with Crippen LogP contribution < -0.4 is 15.4 Å². The van der Waals surface area contributed by atoms with Gasteiger partial charge >= 0.3 is 0 Å². The van der Waals surface area contributed by atoms with Gasteiger partial charge in [-0.1, -0.05) is 25.1 Å². The van der Waals surface area contributed by atoms with Crippen molar-refractivity contribution >= 4 is 11.8 Å². The van der Waals surface area contributed by atoms with Crippen molar-refractivity contribution in [2.75, 3.05) is 7.05 Å². The van der Waals surface area contributed by atoms with Crippen LogP contribution in [0.3, 0.4) is 0 Å². The van der Waals surface area contributed by atoms with E-state index in [-0.39, 0.29) is 17.9 Å². The molecule has 2 aromatic carbocycles. The lowest BCUT2D eigenvalue weighted by Gasteiger charge is -2.26. The van der Waals surface area contributed by atoms with Crippen LogP contribution in [0.25, 0.3) is 0 Å². The summed E-state index contributed by atoms with van der Waals surface area (Å²) in [6.07, 6.45) is 5.08. The van der Waals surface area contributed by atoms with E-state index in [1.165, 1.54) is 16.7 Å². The molecule has 1 heterocycles. The van der Waals surface area contributed by atoms with E-state index in [0.717, 1.165) is 25.7 Å². The van der Waals surface area contributed by atoms with Crippen molar-refractivity contribution in [1.29, 1.82) is 0 Å². The predicted molar refractivity (Wildman–Crippen MR) is 123 cm³/mol. The van der Waals surface area contributed by atoms with Crippen LogP contribution in [0.15, 0.2) is 60.8 Å². The van der Waals surface area contributed by atoms with Crippen LogP contribution in [0.2, 0.25) is 0 Å². The molecular formula is C26H27N3O3. The van der Waals surface area contributed by atoms with Gasteiger partial charge in [0.25, 0.3) is 11.8 Å². The number of fused-ring (bicyclic) bond motifs is 1. The van der Waals surface area contributed by atoms with E-state index in [0.29, 0.717) is 22.8 Å². The minimum absolute atomic E-state index is 0.0352. The van der Waals surface area contributed by atoms with Gasteiger partial charge in [-0.25, -0.2) is 0 Å². The van der Waals surface area contributed by atoms with E-state index in [4.69, 9.17) is 4.74 Å². The number of nitrogens with one attached hydrogen (secondary N) is 2. The van der Waals surface area contributed by atoms with Crippen LogP contribution in [0.1, 0.15) is 50.9 Å². The minimum Gasteiger partial charge on any atom is -0.457 e. The zero-order valence-electron chi connectivity index (χ0n) is 18.4. The van der Waals surface area contributed by atoms with Crippen molar-refractivity contribution in [3.8, 4) is 11.5 Å². The van der Waals surface area contributed by atoms with Crippen molar-refractivity contribution in [2.45, 2.75) is 38.6 Å². The highest BCUT2D eigenvalue weighted by molar-refractivity contribution is 5.94. The van der Waals surface area contributed by atoms with E-state index >= 15 is 0 Å². The summed E-state index contributed by atoms with van der Waals surface area (Å²) < 4.78 is 5.98. The molecule has 0 saturated heterocycles. The third-order valence-corrected chi connectivity index (χ3v) is 5.79. The van der Waals surface area contributed by atoms with Crippen LogP contribution in [-0.4, -0.2) is 29.9 Å². The maximum absolute atomic E-state index is 12.7. The molecule has 0 saturated carbocycles. The average Bonchev–Trinajstić information content (AvgIpc) is 2.83. The quantitative estimate of drug-likeness (QED) is 0.619. The molecule has 1 aliphatic rings. The number of benzene rings is 2. The molecule has 1 unspecified atom stereocenters. The number of nitrogens with zero attached hydrogens (tertiary/aromatic N) is 1. The fourth-order valence-corrected chi connectivity index (χ4v) is 3.94. The first-order chi connectivity index (χ1) is 15.6. The monoisotopic (exact) mass is 429 g/mol. The number of pyridine rings is 1. The lowest BCUT2D eigenvalue weighted by Crippen LogP contribution is -2.38. The van der Waals surface area contributed by atoms with Gasteiger partial charge in [0, 0.05) is 30.9 Å². The smallest absolute Gasteiger partial charge is 0.269 e. The summed E-state index contributed by atoms with van der Waals surface area (Å²) in [5.41, 5.74) is 4.65. The summed E-state index contributed by atoms with van der Waals surface area (Å²) >= 11 is 0. The largest absolute Gasteiger partial charge is 0.457 e. The summed E-state index contributed by atoms with van der Waals surface area (Å²) in [5, 5.41) is 5.74. The van der Waals surface area contributed by atoms with E-state index in [1.807, 2.05) is 36.4 Å². The summed E-state index contributed by atoms with van der Waals surface area (Å²) in [5.74, 6) is 0.950. The Hall–Kier alpha value is -3.67. The van der Waals surface area contributed by atoms with Gasteiger partial charge in [0.05, 0.1) is 0 Å². The van der Waals surface area contributed by atoms with E-state index in [9.17, 15) is 9.59 Å². The second kappa shape index (κ2) is 9.64. The molecule has 2 N–H and O–H groups in total. The molecule has 1 aromatic heterocycles. The number of aryl methyl sites for hydroxylation is 2. The van der Waals surface area contributed by atoms with Crippen molar-refractivity contribution < 1.29 is 14.3 Å². The number of carbonyl (C=O) groups is 2. The summed E-state index contributed by atoms with van der Waals surface area (Å²) in [6, 6.07) is 17.2. The molecule has 0 bridgehead atoms. The van der Waals surface area contributed by atoms with Gasteiger partial charge in [0.1, 0.15) is 17.2 Å². The van der Waals surface area contributed by atoms with Crippen LogP contribution in [0.5, 0.6) is 11.5 Å². The molecule has 1 aliphatic carbocycles. The Labute approximate surface area is 188 Å². The Bertz CT molecular complexity index is 1130. The maximum Gasteiger partial charge on any atom is 0.269 e. The molecule has 1 atom stereocenters. The van der Waals surface area contributed by atoms with Gasteiger partial charge in [-0.05, 0) is 72.7 Å². The fourth-order valence-electron chi connectivity index (χ4n) is 3.94. The molecule has 2 amide bonds. The molecule has 6 nitrogen and oxygen atoms in total. The molecule has 164 valence electrons. The maximum atomic E-state index is 12.7. The van der Waals surface area contributed by atoms with E-state index in [1.54, 1.807) is 25.4 Å². The number of hydrogen-bond acceptors (Lipinski definition) is 4. The zero-order valence-corrected chi connectivity index (χ0v) is 18.4. The molecule has 32 heavy (non-hydrogen) atoms. The first-order valence-electron chi connectivity index (χ1n) is 10.9. The highest BCUT2D eigenvalue weighted by Crippen LogP contribution is 2.29. The molecule has 0 radical (unpaired) electrons. The Balaban J connectivity index is 1.43. The third-order valence-electron chi connectivity index (χ3n) is 5.79. The van der Waals surface area contributed by atoms with Crippen molar-refractivity contribution in [2.24, 2.45) is 0 Å². The summed E-state index contributed by atoms with van der Waals surface area (Å²) in [4.78, 5) is 28.5. The fraction of sp³-hybridized carbons (Fsp3) is 0.269. The Kier molecular flexibility index (Phi) is 6.50. The van der Waals surface area contributed by atoms with Crippen LogP contribution in [0, 0.1) is 0 Å². The van der Waals surface area contributed by atoms with Gasteiger partial charge in [0.2, 0.25) is 0 Å². The van der Waals surface area contributed by atoms with Gasteiger partial charge < -0.3 is 15.4 Å². The third kappa shape index (κ3) is 4.97. The first-order valence-corrected chi connectivity index (χ1v) is 10.9. The normalized spacial score (nSPS) is 14.9. The Morgan fingerprint density at radius 1 is 1.00 bits per heavy atom. The summed E-state index contributed by atoms with van der Waals surface area (Å²) in [7, 11) is 1.57. The molecule has 0 fully saturated rings. The van der Waals surface area contributed by atoms with Crippen molar-refractivity contribution in [1.82, 2.24) is 15.6 Å². The number of aromatic nitrogens is 1. The van der Waals surface area contributed by atoms with Crippen LogP contribution in [-0.2, 0) is 19.3 Å². The first kappa shape index (κ1) is 21.6. The van der Waals surface area contributed by atoms with Gasteiger partial charge in [-0.15, -0.1) is 0 Å². The highest BCUT2D eigenvalue weighted by atomic mass is 16.5. The number of hydrogen-bond donors (Lipinski definition) is 2. The molecule has 3 aromatic rings. The molecule has 0 spiro atoms. The highest BCUT2D eigenvalue weighted by Gasteiger charge is 2.21. The average molecular weight is 430 g/mol. The number of amides is 2. The molecular weight excluding hydrogens is 402 g/mol. The van der Waals surface area contributed by atoms with Crippen molar-refractivity contribution in [3.05, 3.63) is 88.7 Å². The standard InChI is InChI=1S/C26H27N3O3/c1-3-17-4-6-19(7-5-17)25(30)29-21-10-8-18-9-11-22(15-20(18)14-21)32-23-12-13-28-24(16-23)26(31)27-2/h4-7,9,11-13,15-16,21H,3,8,10,14H2,1-2H3,(H,27,31)(H,29,30). The van der Waals surface area contributed by atoms with Gasteiger partial charge in [0.15, 0.2) is 0 Å². The second-order valence-electron chi connectivity index (χ2n) is 7.95. The number of carbonyl (C=O) groups excluding carboxylic acids is 2. The summed E-state index contributed by atoms with van der Waals surface area (Å²) in [6.45, 7) is 2.10.